The quantitative estimate of drug-likeness (QED) is 0.155. The molecule has 12 nitrogen and oxygen atoms in total. The van der Waals surface area contributed by atoms with E-state index in [2.05, 4.69) is 34.1 Å². The zero-order valence-electron chi connectivity index (χ0n) is 34.2. The predicted molar refractivity (Wildman–Crippen MR) is 224 cm³/mol. The molecule has 0 saturated carbocycles. The average Bonchev–Trinajstić information content (AvgIpc) is 3.87. The topological polar surface area (TPSA) is 151 Å². The number of imide groups is 2. The first-order valence-electron chi connectivity index (χ1n) is 21.0. The van der Waals surface area contributed by atoms with Crippen LogP contribution in [-0.4, -0.2) is 102 Å². The van der Waals surface area contributed by atoms with Crippen LogP contribution in [0.2, 0.25) is 12.1 Å². The lowest BCUT2D eigenvalue weighted by molar-refractivity contribution is -0.145. The molecule has 5 aliphatic rings. The van der Waals surface area contributed by atoms with Crippen LogP contribution in [-0.2, 0) is 42.4 Å². The molecule has 3 aromatic carbocycles. The minimum Gasteiger partial charge on any atom is -0.441 e. The number of ether oxygens (including phenoxy) is 1. The number of esters is 1. The van der Waals surface area contributed by atoms with E-state index in [1.165, 1.54) is 34.1 Å². The second-order valence-electron chi connectivity index (χ2n) is 16.2. The molecule has 2 unspecified atom stereocenters. The fraction of sp³-hybridized carbons (Fsp3) is 0.391. The van der Waals surface area contributed by atoms with E-state index in [0.717, 1.165) is 64.0 Å². The Morgan fingerprint density at radius 3 is 1.54 bits per heavy atom. The van der Waals surface area contributed by atoms with Crippen LogP contribution in [0.1, 0.15) is 95.5 Å². The van der Waals surface area contributed by atoms with Crippen molar-refractivity contribution in [3.63, 3.8) is 0 Å². The Labute approximate surface area is 345 Å². The summed E-state index contributed by atoms with van der Waals surface area (Å²) < 4.78 is 6.69. The van der Waals surface area contributed by atoms with Crippen molar-refractivity contribution in [2.75, 3.05) is 26.2 Å². The van der Waals surface area contributed by atoms with Crippen molar-refractivity contribution in [3.05, 3.63) is 118 Å². The molecule has 13 heteroatoms. The van der Waals surface area contributed by atoms with Crippen molar-refractivity contribution in [1.82, 2.24) is 19.6 Å². The van der Waals surface area contributed by atoms with Crippen LogP contribution in [0.5, 0.6) is 0 Å². The van der Waals surface area contributed by atoms with E-state index in [9.17, 15) is 28.8 Å². The van der Waals surface area contributed by atoms with Gasteiger partial charge in [-0.3, -0.25) is 43.6 Å². The predicted octanol–water partition coefficient (Wildman–Crippen LogP) is 3.58. The Hall–Kier alpha value is -5.50. The summed E-state index contributed by atoms with van der Waals surface area (Å²) in [6, 6.07) is 19.4. The molecular weight excluding hydrogens is 763 g/mol. The van der Waals surface area contributed by atoms with Gasteiger partial charge in [-0.25, -0.2) is 4.79 Å². The van der Waals surface area contributed by atoms with Gasteiger partial charge in [0.15, 0.2) is 5.60 Å². The number of carbonyl (C=O) groups is 6. The van der Waals surface area contributed by atoms with Crippen molar-refractivity contribution >= 4 is 54.0 Å². The SMILES string of the molecule is CCN(CC)C(Cc1ccc2c(c1)[Si]1(CCCCC1)c1cc(CC(N(CC)CC)N3C(=O)C=CC3=O)ccc1C21OC(=O)c2ccc(C(N)=O)cc21)N1C(=O)C=CC1=O. The number of hydrogen-bond acceptors (Lipinski definition) is 9. The highest BCUT2D eigenvalue weighted by atomic mass is 28.3. The smallest absolute Gasteiger partial charge is 0.340 e. The third-order valence-electron chi connectivity index (χ3n) is 13.4. The molecule has 2 spiro atoms. The van der Waals surface area contributed by atoms with Gasteiger partial charge >= 0.3 is 5.97 Å². The van der Waals surface area contributed by atoms with Gasteiger partial charge in [0.25, 0.3) is 23.6 Å². The number of primary amides is 1. The Kier molecular flexibility index (Phi) is 10.6. The number of carbonyl (C=O) groups excluding carboxylic acids is 6. The molecule has 2 N–H and O–H groups in total. The van der Waals surface area contributed by atoms with E-state index in [1.807, 2.05) is 39.8 Å². The first-order valence-corrected chi connectivity index (χ1v) is 23.4. The molecule has 1 fully saturated rings. The lowest BCUT2D eigenvalue weighted by Crippen LogP contribution is -2.67. The number of benzene rings is 3. The number of rotatable bonds is 13. The Morgan fingerprint density at radius 1 is 0.661 bits per heavy atom. The van der Waals surface area contributed by atoms with E-state index in [-0.39, 0.29) is 29.2 Å². The van der Waals surface area contributed by atoms with Gasteiger partial charge in [-0.2, -0.15) is 0 Å². The first kappa shape index (κ1) is 40.3. The Morgan fingerprint density at radius 2 is 1.12 bits per heavy atom. The summed E-state index contributed by atoms with van der Waals surface area (Å²) in [5, 5.41) is 2.27. The molecule has 8 rings (SSSR count). The summed E-state index contributed by atoms with van der Waals surface area (Å²) in [7, 11) is -2.68. The molecular formula is C46H51N5O7Si. The van der Waals surface area contributed by atoms with Gasteiger partial charge in [-0.05, 0) is 78.0 Å². The molecule has 5 heterocycles. The lowest BCUT2D eigenvalue weighted by Gasteiger charge is -2.48. The molecule has 306 valence electrons. The summed E-state index contributed by atoms with van der Waals surface area (Å²) in [6.45, 7) is 10.6. The van der Waals surface area contributed by atoms with Crippen LogP contribution >= 0.6 is 0 Å². The molecule has 0 aromatic heterocycles. The van der Waals surface area contributed by atoms with Crippen LogP contribution in [0.4, 0.5) is 0 Å². The van der Waals surface area contributed by atoms with Gasteiger partial charge in [-0.15, -0.1) is 0 Å². The fourth-order valence-corrected chi connectivity index (χ4v) is 16.3. The van der Waals surface area contributed by atoms with Crippen LogP contribution in [0.15, 0.2) is 78.9 Å². The Balaban J connectivity index is 1.35. The largest absolute Gasteiger partial charge is 0.441 e. The van der Waals surface area contributed by atoms with Crippen molar-refractivity contribution in [3.8, 4) is 0 Å². The van der Waals surface area contributed by atoms with Gasteiger partial charge in [0.05, 0.1) is 17.9 Å². The van der Waals surface area contributed by atoms with Crippen LogP contribution < -0.4 is 16.1 Å². The highest BCUT2D eigenvalue weighted by molar-refractivity contribution is 7.03. The van der Waals surface area contributed by atoms with Crippen molar-refractivity contribution in [1.29, 1.82) is 0 Å². The van der Waals surface area contributed by atoms with E-state index in [0.29, 0.717) is 50.1 Å². The van der Waals surface area contributed by atoms with Gasteiger partial charge < -0.3 is 10.5 Å². The molecule has 59 heavy (non-hydrogen) atoms. The highest BCUT2D eigenvalue weighted by Gasteiger charge is 2.58. The number of hydrogen-bond donors (Lipinski definition) is 1. The van der Waals surface area contributed by atoms with Crippen LogP contribution in [0.25, 0.3) is 0 Å². The summed E-state index contributed by atoms with van der Waals surface area (Å²) in [5.74, 6) is -2.45. The summed E-state index contributed by atoms with van der Waals surface area (Å²) in [5.41, 5.74) is 9.28. The summed E-state index contributed by atoms with van der Waals surface area (Å²) in [4.78, 5) is 86.2. The molecule has 0 radical (unpaired) electrons. The minimum absolute atomic E-state index is 0.263. The number of nitrogens with two attached hydrogens (primary N) is 1. The van der Waals surface area contributed by atoms with E-state index in [1.54, 1.807) is 18.2 Å². The number of fused-ring (bicyclic) bond motifs is 8. The summed E-state index contributed by atoms with van der Waals surface area (Å²) in [6.07, 6.45) is 8.23. The maximum Gasteiger partial charge on any atom is 0.340 e. The Bertz CT molecular complexity index is 2190. The maximum absolute atomic E-state index is 14.0. The van der Waals surface area contributed by atoms with Crippen molar-refractivity contribution in [2.24, 2.45) is 5.73 Å². The van der Waals surface area contributed by atoms with E-state index < -0.39 is 37.9 Å². The third kappa shape index (κ3) is 6.41. The third-order valence-corrected chi connectivity index (χ3v) is 18.7. The zero-order chi connectivity index (χ0) is 41.8. The zero-order valence-corrected chi connectivity index (χ0v) is 35.2. The van der Waals surface area contributed by atoms with Gasteiger partial charge in [0, 0.05) is 59.4 Å². The molecule has 5 aliphatic heterocycles. The van der Waals surface area contributed by atoms with Crippen molar-refractivity contribution < 1.29 is 33.5 Å². The van der Waals surface area contributed by atoms with Gasteiger partial charge in [0.2, 0.25) is 5.91 Å². The number of nitrogens with zero attached hydrogens (tertiary/aromatic N) is 4. The second-order valence-corrected chi connectivity index (χ2v) is 20.4. The maximum atomic E-state index is 14.0. The molecule has 5 amide bonds. The summed E-state index contributed by atoms with van der Waals surface area (Å²) >= 11 is 0. The molecule has 2 atom stereocenters. The molecule has 0 bridgehead atoms. The van der Waals surface area contributed by atoms with Crippen molar-refractivity contribution in [2.45, 2.75) is 89.8 Å². The van der Waals surface area contributed by atoms with Crippen LogP contribution in [0, 0.1) is 0 Å². The monoisotopic (exact) mass is 813 g/mol. The van der Waals surface area contributed by atoms with Gasteiger partial charge in [-0.1, -0.05) is 83.4 Å². The normalized spacial score (nSPS) is 21.2. The van der Waals surface area contributed by atoms with Gasteiger partial charge in [0.1, 0.15) is 8.07 Å². The standard InChI is InChI=1S/C46H51N5O7Si/c1-5-48(6-2)38(50-40(52)18-19-41(50)53)26-29-12-16-33-36(24-29)59(22-10-9-11-23-59)37-25-30(27-39(49(7-3)8-4)51-42(54)20-21-43(51)55)13-17-34(37)46(33)35-28-31(44(47)56)14-15-32(35)45(57)58-46/h12-21,24-25,28,38-39H,5-11,22-23,26-27H2,1-4H3,(H2,47,56). The molecule has 0 aliphatic carbocycles. The first-order chi connectivity index (χ1) is 28.4. The van der Waals surface area contributed by atoms with E-state index in [4.69, 9.17) is 10.5 Å². The molecule has 3 aromatic rings. The molecule has 1 saturated heterocycles. The van der Waals surface area contributed by atoms with E-state index >= 15 is 0 Å². The second kappa shape index (κ2) is 15.6. The van der Waals surface area contributed by atoms with Crippen LogP contribution in [0.3, 0.4) is 0 Å². The average molecular weight is 814 g/mol. The minimum atomic E-state index is -2.68. The fourth-order valence-electron chi connectivity index (χ4n) is 10.5. The number of likely N-dealkylation sites (N-methyl/N-ethyl adjacent to an activating group) is 2. The highest BCUT2D eigenvalue weighted by Crippen LogP contribution is 2.51. The lowest BCUT2D eigenvalue weighted by atomic mass is 9.78. The number of amides is 5.